The number of benzene rings is 1. The molecule has 1 aromatic heterocycles. The first-order valence-corrected chi connectivity index (χ1v) is 6.38. The van der Waals surface area contributed by atoms with Crippen LogP contribution in [0.5, 0.6) is 6.01 Å². The molecule has 0 aliphatic rings. The van der Waals surface area contributed by atoms with E-state index < -0.39 is 17.5 Å². The zero-order chi connectivity index (χ0) is 16.8. The van der Waals surface area contributed by atoms with E-state index in [1.807, 2.05) is 0 Å². The van der Waals surface area contributed by atoms with Crippen LogP contribution >= 0.6 is 0 Å². The molecule has 0 atom stereocenters. The third kappa shape index (κ3) is 4.25. The fourth-order valence-electron chi connectivity index (χ4n) is 1.48. The van der Waals surface area contributed by atoms with Crippen molar-refractivity contribution >= 4 is 17.6 Å². The second-order valence-corrected chi connectivity index (χ2v) is 4.33. The molecule has 2 rings (SSSR count). The Morgan fingerprint density at radius 2 is 2.09 bits per heavy atom. The maximum Gasteiger partial charge on any atom is 0.317 e. The van der Waals surface area contributed by atoms with Crippen molar-refractivity contribution in [1.29, 1.82) is 0 Å². The Morgan fingerprint density at radius 1 is 1.30 bits per heavy atom. The maximum absolute atomic E-state index is 13.4. The number of nitrogens with two attached hydrogens (primary N) is 1. The van der Waals surface area contributed by atoms with Crippen LogP contribution in [0.1, 0.15) is 5.69 Å². The van der Waals surface area contributed by atoms with Gasteiger partial charge in [-0.25, -0.2) is 18.2 Å². The quantitative estimate of drug-likeness (QED) is 0.520. The summed E-state index contributed by atoms with van der Waals surface area (Å²) in [6.45, 7) is 1.28. The van der Waals surface area contributed by atoms with Crippen molar-refractivity contribution in [3.63, 3.8) is 0 Å². The Bertz CT molecular complexity index is 764. The lowest BCUT2D eigenvalue weighted by Gasteiger charge is -2.04. The van der Waals surface area contributed by atoms with Gasteiger partial charge < -0.3 is 10.6 Å². The second-order valence-electron chi connectivity index (χ2n) is 4.33. The van der Waals surface area contributed by atoms with Gasteiger partial charge >= 0.3 is 6.01 Å². The summed E-state index contributed by atoms with van der Waals surface area (Å²) in [6, 6.07) is 3.51. The maximum atomic E-state index is 13.4. The van der Waals surface area contributed by atoms with Crippen molar-refractivity contribution in [1.82, 2.24) is 9.97 Å². The molecule has 23 heavy (non-hydrogen) atoms. The highest BCUT2D eigenvalue weighted by Crippen LogP contribution is 2.19. The van der Waals surface area contributed by atoms with Gasteiger partial charge in [-0.2, -0.15) is 10.1 Å². The summed E-state index contributed by atoms with van der Waals surface area (Å²) in [5.74, 6) is 2.51. The molecular weight excluding hydrogens is 311 g/mol. The monoisotopic (exact) mass is 323 g/mol. The molecule has 0 radical (unpaired) electrons. The first-order chi connectivity index (χ1) is 11.0. The van der Waals surface area contributed by atoms with E-state index in [-0.39, 0.29) is 29.7 Å². The highest BCUT2D eigenvalue weighted by molar-refractivity contribution is 6.31. The largest absolute Gasteiger partial charge is 0.457 e. The van der Waals surface area contributed by atoms with Gasteiger partial charge in [-0.1, -0.05) is 6.07 Å². The number of hydrogen-bond acceptors (Lipinski definition) is 6. The van der Waals surface area contributed by atoms with Crippen molar-refractivity contribution in [2.45, 2.75) is 6.92 Å². The van der Waals surface area contributed by atoms with Gasteiger partial charge in [0.15, 0.2) is 17.5 Å². The number of ether oxygens (including phenoxy) is 1. The molecule has 1 aromatic carbocycles. The minimum Gasteiger partial charge on any atom is -0.457 e. The first-order valence-electron chi connectivity index (χ1n) is 6.38. The molecule has 0 fully saturated rings. The summed E-state index contributed by atoms with van der Waals surface area (Å²) in [4.78, 5) is 11.1. The van der Waals surface area contributed by atoms with Gasteiger partial charge in [0.25, 0.3) is 0 Å². The van der Waals surface area contributed by atoms with E-state index in [1.54, 1.807) is 0 Å². The van der Waals surface area contributed by atoms with Crippen LogP contribution in [-0.4, -0.2) is 28.5 Å². The normalized spacial score (nSPS) is 11.9. The fourth-order valence-corrected chi connectivity index (χ4v) is 1.48. The SMILES string of the molecule is Cc1nc(OCC(C=Nc2cccc(F)c2F)=NN)ncc1F. The smallest absolute Gasteiger partial charge is 0.317 e. The highest BCUT2D eigenvalue weighted by Gasteiger charge is 2.07. The van der Waals surface area contributed by atoms with Crippen LogP contribution < -0.4 is 10.6 Å². The van der Waals surface area contributed by atoms with Gasteiger partial charge in [0.1, 0.15) is 18.0 Å². The second kappa shape index (κ2) is 7.34. The minimum absolute atomic E-state index is 0.0737. The highest BCUT2D eigenvalue weighted by atomic mass is 19.2. The average molecular weight is 323 g/mol. The van der Waals surface area contributed by atoms with Gasteiger partial charge in [0.05, 0.1) is 18.1 Å². The Hall–Kier alpha value is -2.97. The number of aliphatic imine (C=N–C) groups is 1. The van der Waals surface area contributed by atoms with Gasteiger partial charge in [-0.15, -0.1) is 0 Å². The van der Waals surface area contributed by atoms with E-state index in [4.69, 9.17) is 10.6 Å². The molecule has 0 aliphatic heterocycles. The van der Waals surface area contributed by atoms with Crippen LogP contribution in [0.15, 0.2) is 34.5 Å². The lowest BCUT2D eigenvalue weighted by molar-refractivity contribution is 0.343. The number of halogens is 3. The Balaban J connectivity index is 2.04. The summed E-state index contributed by atoms with van der Waals surface area (Å²) >= 11 is 0. The Kier molecular flexibility index (Phi) is 5.23. The van der Waals surface area contributed by atoms with Gasteiger partial charge in [-0.3, -0.25) is 4.99 Å². The van der Waals surface area contributed by atoms with E-state index in [2.05, 4.69) is 20.1 Å². The molecule has 9 heteroatoms. The summed E-state index contributed by atoms with van der Waals surface area (Å²) in [5, 5.41) is 3.41. The van der Waals surface area contributed by atoms with Crippen molar-refractivity contribution < 1.29 is 17.9 Å². The standard InChI is InChI=1S/C14H12F3N5O/c1-8-11(16)6-20-14(21-8)23-7-9(22-18)5-19-12-4-2-3-10(15)13(12)17/h2-6H,7,18H2,1H3. The van der Waals surface area contributed by atoms with Crippen LogP contribution in [0.3, 0.4) is 0 Å². The Morgan fingerprint density at radius 3 is 2.78 bits per heavy atom. The lowest BCUT2D eigenvalue weighted by Crippen LogP contribution is -2.16. The molecular formula is C14H12F3N5O. The molecule has 0 saturated heterocycles. The van der Waals surface area contributed by atoms with Gasteiger partial charge in [0, 0.05) is 0 Å². The average Bonchev–Trinajstić information content (AvgIpc) is 2.54. The van der Waals surface area contributed by atoms with Crippen LogP contribution in [0, 0.1) is 24.4 Å². The summed E-state index contributed by atoms with van der Waals surface area (Å²) in [5.41, 5.74) is 0.0380. The van der Waals surface area contributed by atoms with Crippen LogP contribution in [0.4, 0.5) is 18.9 Å². The number of nitrogens with zero attached hydrogens (tertiary/aromatic N) is 4. The molecule has 6 nitrogen and oxygen atoms in total. The number of rotatable bonds is 5. The first kappa shape index (κ1) is 16.4. The lowest BCUT2D eigenvalue weighted by atomic mass is 10.3. The van der Waals surface area contributed by atoms with Crippen molar-refractivity contribution in [2.24, 2.45) is 15.9 Å². The van der Waals surface area contributed by atoms with Gasteiger partial charge in [0.2, 0.25) is 0 Å². The van der Waals surface area contributed by atoms with Crippen molar-refractivity contribution in [3.8, 4) is 6.01 Å². The molecule has 0 unspecified atom stereocenters. The van der Waals surface area contributed by atoms with E-state index >= 15 is 0 Å². The number of aromatic nitrogens is 2. The molecule has 120 valence electrons. The van der Waals surface area contributed by atoms with Crippen molar-refractivity contribution in [3.05, 3.63) is 47.5 Å². The molecule has 0 saturated carbocycles. The molecule has 0 bridgehead atoms. The topological polar surface area (TPSA) is 85.8 Å². The minimum atomic E-state index is -1.08. The molecule has 2 N–H and O–H groups in total. The Labute approximate surface area is 129 Å². The third-order valence-corrected chi connectivity index (χ3v) is 2.70. The number of hydrogen-bond donors (Lipinski definition) is 1. The van der Waals surface area contributed by atoms with Crippen LogP contribution in [0.2, 0.25) is 0 Å². The molecule has 2 aromatic rings. The molecule has 0 amide bonds. The molecule has 0 spiro atoms. The van der Waals surface area contributed by atoms with Crippen LogP contribution in [-0.2, 0) is 0 Å². The van der Waals surface area contributed by atoms with Gasteiger partial charge in [-0.05, 0) is 19.1 Å². The predicted octanol–water partition coefficient (Wildman–Crippen LogP) is 2.30. The van der Waals surface area contributed by atoms with Crippen LogP contribution in [0.25, 0.3) is 0 Å². The summed E-state index contributed by atoms with van der Waals surface area (Å²) in [6.07, 6.45) is 2.08. The van der Waals surface area contributed by atoms with Crippen molar-refractivity contribution in [2.75, 3.05) is 6.61 Å². The van der Waals surface area contributed by atoms with E-state index in [0.29, 0.717) is 0 Å². The fraction of sp³-hybridized carbons (Fsp3) is 0.143. The summed E-state index contributed by atoms with van der Waals surface area (Å²) < 4.78 is 44.7. The number of aryl methyl sites for hydroxylation is 1. The predicted molar refractivity (Wildman–Crippen MR) is 78.4 cm³/mol. The van der Waals surface area contributed by atoms with E-state index in [0.717, 1.165) is 18.5 Å². The van der Waals surface area contributed by atoms with E-state index in [9.17, 15) is 13.2 Å². The molecule has 1 heterocycles. The number of hydrazone groups is 1. The zero-order valence-corrected chi connectivity index (χ0v) is 12.0. The summed E-state index contributed by atoms with van der Waals surface area (Å²) in [7, 11) is 0. The third-order valence-electron chi connectivity index (χ3n) is 2.70. The van der Waals surface area contributed by atoms with E-state index in [1.165, 1.54) is 19.1 Å². The molecule has 0 aliphatic carbocycles. The zero-order valence-electron chi connectivity index (χ0n) is 12.0.